The molecule has 2 aromatic carbocycles. The van der Waals surface area contributed by atoms with Crippen molar-refractivity contribution in [2.75, 3.05) is 0 Å². The van der Waals surface area contributed by atoms with E-state index in [1.807, 2.05) is 12.1 Å². The van der Waals surface area contributed by atoms with Crippen LogP contribution in [-0.2, 0) is 12.8 Å². The number of hydrogen-bond acceptors (Lipinski definition) is 0. The molecular formula is C16H16BrF. The van der Waals surface area contributed by atoms with Crippen LogP contribution in [0.1, 0.15) is 23.1 Å². The molecule has 0 aromatic heterocycles. The van der Waals surface area contributed by atoms with Crippen LogP contribution in [0.5, 0.6) is 0 Å². The maximum Gasteiger partial charge on any atom is 0.127 e. The van der Waals surface area contributed by atoms with Crippen LogP contribution in [0.15, 0.2) is 46.9 Å². The molecule has 94 valence electrons. The van der Waals surface area contributed by atoms with E-state index in [2.05, 4.69) is 47.1 Å². The average molecular weight is 307 g/mol. The standard InChI is InChI=1S/C16H16BrF/c1-12-4-2-5-13(10-12)6-3-7-14-8-9-15(17)11-16(14)18/h2,4-5,8-11H,3,6-7H2,1H3. The summed E-state index contributed by atoms with van der Waals surface area (Å²) < 4.78 is 14.4. The van der Waals surface area contributed by atoms with Crippen molar-refractivity contribution in [2.24, 2.45) is 0 Å². The molecule has 2 heteroatoms. The van der Waals surface area contributed by atoms with E-state index in [-0.39, 0.29) is 5.82 Å². The predicted molar refractivity (Wildman–Crippen MR) is 77.3 cm³/mol. The lowest BCUT2D eigenvalue weighted by atomic mass is 10.0. The fourth-order valence-electron chi connectivity index (χ4n) is 2.08. The molecule has 2 aromatic rings. The van der Waals surface area contributed by atoms with Gasteiger partial charge in [0.1, 0.15) is 5.82 Å². The number of aryl methyl sites for hydroxylation is 3. The van der Waals surface area contributed by atoms with E-state index in [1.54, 1.807) is 0 Å². The lowest BCUT2D eigenvalue weighted by molar-refractivity contribution is 0.603. The van der Waals surface area contributed by atoms with Crippen LogP contribution in [0.3, 0.4) is 0 Å². The summed E-state index contributed by atoms with van der Waals surface area (Å²) in [7, 11) is 0. The molecule has 0 fully saturated rings. The minimum absolute atomic E-state index is 0.117. The molecule has 0 bridgehead atoms. The molecule has 0 saturated heterocycles. The van der Waals surface area contributed by atoms with E-state index in [0.29, 0.717) is 0 Å². The highest BCUT2D eigenvalue weighted by Crippen LogP contribution is 2.17. The Labute approximate surface area is 116 Å². The SMILES string of the molecule is Cc1cccc(CCCc2ccc(Br)cc2F)c1. The van der Waals surface area contributed by atoms with Gasteiger partial charge in [-0.2, -0.15) is 0 Å². The Morgan fingerprint density at radius 3 is 2.61 bits per heavy atom. The maximum atomic E-state index is 13.6. The summed E-state index contributed by atoms with van der Waals surface area (Å²) in [6.07, 6.45) is 2.76. The van der Waals surface area contributed by atoms with E-state index in [1.165, 1.54) is 17.2 Å². The van der Waals surface area contributed by atoms with Gasteiger partial charge in [0.15, 0.2) is 0 Å². The topological polar surface area (TPSA) is 0 Å². The Hall–Kier alpha value is -1.15. The summed E-state index contributed by atoms with van der Waals surface area (Å²) in [5.74, 6) is -0.117. The molecule has 0 aliphatic heterocycles. The molecule has 0 spiro atoms. The van der Waals surface area contributed by atoms with E-state index in [0.717, 1.165) is 29.3 Å². The van der Waals surface area contributed by atoms with Crippen molar-refractivity contribution < 1.29 is 4.39 Å². The van der Waals surface area contributed by atoms with Crippen LogP contribution in [0, 0.1) is 12.7 Å². The Morgan fingerprint density at radius 2 is 1.89 bits per heavy atom. The molecule has 0 N–H and O–H groups in total. The first kappa shape index (κ1) is 13.3. The van der Waals surface area contributed by atoms with Crippen LogP contribution in [0.25, 0.3) is 0 Å². The van der Waals surface area contributed by atoms with Gasteiger partial charge >= 0.3 is 0 Å². The van der Waals surface area contributed by atoms with Crippen molar-refractivity contribution in [3.8, 4) is 0 Å². The molecule has 0 saturated carbocycles. The summed E-state index contributed by atoms with van der Waals surface area (Å²) in [5, 5.41) is 0. The molecule has 0 radical (unpaired) electrons. The zero-order valence-electron chi connectivity index (χ0n) is 10.4. The Bertz CT molecular complexity index is 534. The highest BCUT2D eigenvalue weighted by Gasteiger charge is 2.03. The normalized spacial score (nSPS) is 10.6. The van der Waals surface area contributed by atoms with Crippen LogP contribution in [-0.4, -0.2) is 0 Å². The Balaban J connectivity index is 1.92. The molecule has 0 amide bonds. The Kier molecular flexibility index (Phi) is 4.54. The summed E-state index contributed by atoms with van der Waals surface area (Å²) in [6, 6.07) is 13.8. The number of halogens is 2. The first-order valence-electron chi connectivity index (χ1n) is 6.14. The van der Waals surface area contributed by atoms with Gasteiger partial charge in [0.05, 0.1) is 0 Å². The third-order valence-corrected chi connectivity index (χ3v) is 3.50. The second-order valence-electron chi connectivity index (χ2n) is 4.58. The van der Waals surface area contributed by atoms with Gasteiger partial charge in [0.25, 0.3) is 0 Å². The lowest BCUT2D eigenvalue weighted by Gasteiger charge is -2.05. The third kappa shape index (κ3) is 3.67. The van der Waals surface area contributed by atoms with Crippen molar-refractivity contribution >= 4 is 15.9 Å². The zero-order valence-corrected chi connectivity index (χ0v) is 12.0. The van der Waals surface area contributed by atoms with E-state index < -0.39 is 0 Å². The van der Waals surface area contributed by atoms with Gasteiger partial charge in [-0.1, -0.05) is 51.8 Å². The maximum absolute atomic E-state index is 13.6. The van der Waals surface area contributed by atoms with E-state index in [4.69, 9.17) is 0 Å². The summed E-state index contributed by atoms with van der Waals surface area (Å²) in [4.78, 5) is 0. The van der Waals surface area contributed by atoms with Crippen LogP contribution in [0.2, 0.25) is 0 Å². The first-order chi connectivity index (χ1) is 8.65. The van der Waals surface area contributed by atoms with Gasteiger partial charge in [-0.15, -0.1) is 0 Å². The van der Waals surface area contributed by atoms with Crippen molar-refractivity contribution in [3.05, 3.63) is 69.4 Å². The third-order valence-electron chi connectivity index (χ3n) is 3.01. The van der Waals surface area contributed by atoms with Gasteiger partial charge in [0.2, 0.25) is 0 Å². The average Bonchev–Trinajstić information content (AvgIpc) is 2.32. The number of benzene rings is 2. The summed E-state index contributed by atoms with van der Waals surface area (Å²) >= 11 is 3.27. The van der Waals surface area contributed by atoms with Crippen LogP contribution >= 0.6 is 15.9 Å². The first-order valence-corrected chi connectivity index (χ1v) is 6.94. The quantitative estimate of drug-likeness (QED) is 0.739. The molecule has 0 aliphatic carbocycles. The molecule has 2 rings (SSSR count). The number of rotatable bonds is 4. The predicted octanol–water partition coefficient (Wildman–Crippen LogP) is 5.07. The van der Waals surface area contributed by atoms with Gasteiger partial charge in [-0.3, -0.25) is 0 Å². The number of hydrogen-bond donors (Lipinski definition) is 0. The van der Waals surface area contributed by atoms with Crippen molar-refractivity contribution in [1.82, 2.24) is 0 Å². The smallest absolute Gasteiger partial charge is 0.127 e. The highest BCUT2D eigenvalue weighted by molar-refractivity contribution is 9.10. The van der Waals surface area contributed by atoms with Gasteiger partial charge in [-0.25, -0.2) is 4.39 Å². The monoisotopic (exact) mass is 306 g/mol. The molecule has 0 heterocycles. The fraction of sp³-hybridized carbons (Fsp3) is 0.250. The fourth-order valence-corrected chi connectivity index (χ4v) is 2.41. The molecule has 0 aliphatic rings. The van der Waals surface area contributed by atoms with Gasteiger partial charge in [-0.05, 0) is 49.4 Å². The minimum Gasteiger partial charge on any atom is -0.207 e. The molecule has 0 atom stereocenters. The van der Waals surface area contributed by atoms with E-state index in [9.17, 15) is 4.39 Å². The van der Waals surface area contributed by atoms with Crippen molar-refractivity contribution in [1.29, 1.82) is 0 Å². The largest absolute Gasteiger partial charge is 0.207 e. The lowest BCUT2D eigenvalue weighted by Crippen LogP contribution is -1.93. The van der Waals surface area contributed by atoms with Crippen LogP contribution < -0.4 is 0 Å². The Morgan fingerprint density at radius 1 is 1.06 bits per heavy atom. The van der Waals surface area contributed by atoms with E-state index >= 15 is 0 Å². The molecule has 0 nitrogen and oxygen atoms in total. The minimum atomic E-state index is -0.117. The highest BCUT2D eigenvalue weighted by atomic mass is 79.9. The van der Waals surface area contributed by atoms with Crippen LogP contribution in [0.4, 0.5) is 4.39 Å². The molecule has 18 heavy (non-hydrogen) atoms. The second-order valence-corrected chi connectivity index (χ2v) is 5.49. The second kappa shape index (κ2) is 6.14. The molecular weight excluding hydrogens is 291 g/mol. The van der Waals surface area contributed by atoms with Gasteiger partial charge < -0.3 is 0 Å². The zero-order chi connectivity index (χ0) is 13.0. The van der Waals surface area contributed by atoms with Gasteiger partial charge in [0, 0.05) is 4.47 Å². The summed E-state index contributed by atoms with van der Waals surface area (Å²) in [6.45, 7) is 2.10. The van der Waals surface area contributed by atoms with Crippen molar-refractivity contribution in [2.45, 2.75) is 26.2 Å². The van der Waals surface area contributed by atoms with Crippen molar-refractivity contribution in [3.63, 3.8) is 0 Å². The summed E-state index contributed by atoms with van der Waals surface area (Å²) in [5.41, 5.74) is 3.40. The molecule has 0 unspecified atom stereocenters.